The van der Waals surface area contributed by atoms with Gasteiger partial charge in [-0.2, -0.15) is 0 Å². The highest BCUT2D eigenvalue weighted by atomic mass is 32.1. The predicted molar refractivity (Wildman–Crippen MR) is 106 cm³/mol. The normalized spacial score (nSPS) is 10.6. The van der Waals surface area contributed by atoms with Crippen molar-refractivity contribution in [2.45, 2.75) is 47.6 Å². The summed E-state index contributed by atoms with van der Waals surface area (Å²) in [5.74, 6) is -1.17. The van der Waals surface area contributed by atoms with Crippen molar-refractivity contribution in [2.24, 2.45) is 0 Å². The molecule has 2 rings (SSSR count). The number of nitrogens with zero attached hydrogens (tertiary/aromatic N) is 2. The highest BCUT2D eigenvalue weighted by molar-refractivity contribution is 7.14. The third-order valence-electron chi connectivity index (χ3n) is 4.18. The van der Waals surface area contributed by atoms with Crippen LogP contribution in [0.5, 0.6) is 0 Å². The van der Waals surface area contributed by atoms with E-state index >= 15 is 0 Å². The molecule has 152 valence electrons. The predicted octanol–water partition coefficient (Wildman–Crippen LogP) is 3.12. The fourth-order valence-corrected chi connectivity index (χ4v) is 3.76. The molecule has 0 aliphatic carbocycles. The summed E-state index contributed by atoms with van der Waals surface area (Å²) < 4.78 is 11.8. The molecule has 2 heterocycles. The lowest BCUT2D eigenvalue weighted by Crippen LogP contribution is -2.14. The van der Waals surface area contributed by atoms with Gasteiger partial charge in [-0.05, 0) is 40.2 Å². The van der Waals surface area contributed by atoms with E-state index in [0.717, 1.165) is 0 Å². The Morgan fingerprint density at radius 1 is 1.14 bits per heavy atom. The highest BCUT2D eigenvalue weighted by Gasteiger charge is 2.27. The number of rotatable bonds is 8. The van der Waals surface area contributed by atoms with E-state index in [1.807, 2.05) is 6.92 Å². The summed E-state index contributed by atoms with van der Waals surface area (Å²) in [5.41, 5.74) is 2.59. The third kappa shape index (κ3) is 4.59. The number of thiazole rings is 1. The van der Waals surface area contributed by atoms with Crippen LogP contribution in [0.25, 0.3) is 0 Å². The first-order valence-corrected chi connectivity index (χ1v) is 10.00. The number of esters is 2. The van der Waals surface area contributed by atoms with Crippen molar-refractivity contribution in [2.75, 3.05) is 18.5 Å². The molecule has 0 spiro atoms. The van der Waals surface area contributed by atoms with Crippen LogP contribution in [0.3, 0.4) is 0 Å². The van der Waals surface area contributed by atoms with Gasteiger partial charge >= 0.3 is 11.9 Å². The molecule has 2 aromatic heterocycles. The summed E-state index contributed by atoms with van der Waals surface area (Å²) in [4.78, 5) is 41.0. The Balaban J connectivity index is 2.24. The lowest BCUT2D eigenvalue weighted by atomic mass is 10.1. The van der Waals surface area contributed by atoms with Gasteiger partial charge in [0.1, 0.15) is 5.69 Å². The topological polar surface area (TPSA) is 99.5 Å². The van der Waals surface area contributed by atoms with Crippen LogP contribution in [0.1, 0.15) is 58.6 Å². The van der Waals surface area contributed by atoms with E-state index in [4.69, 9.17) is 9.47 Å². The Morgan fingerprint density at radius 3 is 2.43 bits per heavy atom. The Kier molecular flexibility index (Phi) is 7.33. The Morgan fingerprint density at radius 2 is 1.82 bits per heavy atom. The van der Waals surface area contributed by atoms with Crippen LogP contribution in [0.15, 0.2) is 5.38 Å². The Labute approximate surface area is 167 Å². The maximum Gasteiger partial charge on any atom is 0.355 e. The van der Waals surface area contributed by atoms with Gasteiger partial charge in [-0.1, -0.05) is 0 Å². The minimum atomic E-state index is -0.449. The van der Waals surface area contributed by atoms with Crippen molar-refractivity contribution >= 4 is 34.3 Å². The number of hydrogen-bond acceptors (Lipinski definition) is 7. The molecule has 0 radical (unpaired) electrons. The number of ether oxygens (including phenoxy) is 2. The second-order valence-corrected chi connectivity index (χ2v) is 6.84. The zero-order valence-corrected chi connectivity index (χ0v) is 17.6. The van der Waals surface area contributed by atoms with Gasteiger partial charge in [0.15, 0.2) is 5.13 Å². The van der Waals surface area contributed by atoms with Crippen LogP contribution in [-0.2, 0) is 27.2 Å². The van der Waals surface area contributed by atoms with Crippen LogP contribution in [0.2, 0.25) is 0 Å². The molecule has 0 aromatic carbocycles. The van der Waals surface area contributed by atoms with Crippen LogP contribution in [-0.4, -0.2) is 40.6 Å². The van der Waals surface area contributed by atoms with Gasteiger partial charge in [-0.25, -0.2) is 9.78 Å². The average molecular weight is 407 g/mol. The van der Waals surface area contributed by atoms with Crippen LogP contribution in [0, 0.1) is 13.8 Å². The van der Waals surface area contributed by atoms with Crippen molar-refractivity contribution in [1.82, 2.24) is 9.55 Å². The average Bonchev–Trinajstić information content (AvgIpc) is 3.16. The molecule has 0 saturated heterocycles. The number of hydrogen-bond donors (Lipinski definition) is 1. The molecule has 28 heavy (non-hydrogen) atoms. The quantitative estimate of drug-likeness (QED) is 0.675. The number of anilines is 1. The largest absolute Gasteiger partial charge is 0.466 e. The summed E-state index contributed by atoms with van der Waals surface area (Å²) in [5, 5.41) is 4.83. The molecule has 0 atom stereocenters. The second kappa shape index (κ2) is 9.50. The van der Waals surface area contributed by atoms with Crippen molar-refractivity contribution in [3.05, 3.63) is 33.6 Å². The first-order valence-electron chi connectivity index (χ1n) is 9.12. The van der Waals surface area contributed by atoms with Crippen molar-refractivity contribution in [1.29, 1.82) is 0 Å². The molecule has 0 aliphatic rings. The standard InChI is InChI=1S/C19H25N3O5S/c1-6-22-12(5)15(11(4)16(22)18(25)27-8-3)17(24)21-19-20-13(10-28-19)9-14(23)26-7-2/h10H,6-9H2,1-5H3,(H,20,21,24). The zero-order chi connectivity index (χ0) is 20.8. The van der Waals surface area contributed by atoms with Gasteiger partial charge in [0.2, 0.25) is 0 Å². The molecule has 0 saturated carbocycles. The molecule has 0 aliphatic heterocycles. The number of amides is 1. The smallest absolute Gasteiger partial charge is 0.355 e. The number of nitrogens with one attached hydrogen (secondary N) is 1. The van der Waals surface area contributed by atoms with Crippen molar-refractivity contribution in [3.8, 4) is 0 Å². The lowest BCUT2D eigenvalue weighted by Gasteiger charge is -2.08. The first-order chi connectivity index (χ1) is 13.3. The number of aromatic nitrogens is 2. The highest BCUT2D eigenvalue weighted by Crippen LogP contribution is 2.25. The molecule has 0 unspecified atom stereocenters. The monoisotopic (exact) mass is 407 g/mol. The van der Waals surface area contributed by atoms with Gasteiger partial charge < -0.3 is 14.0 Å². The molecule has 0 bridgehead atoms. The van der Waals surface area contributed by atoms with Gasteiger partial charge in [0.05, 0.1) is 30.9 Å². The number of carbonyl (C=O) groups excluding carboxylic acids is 3. The maximum atomic E-state index is 12.9. The van der Waals surface area contributed by atoms with Crippen LogP contribution >= 0.6 is 11.3 Å². The molecule has 8 nitrogen and oxygen atoms in total. The first kappa shape index (κ1) is 21.6. The van der Waals surface area contributed by atoms with Gasteiger partial charge in [0.25, 0.3) is 5.91 Å². The fourth-order valence-electron chi connectivity index (χ4n) is 3.05. The van der Waals surface area contributed by atoms with E-state index in [0.29, 0.717) is 46.5 Å². The van der Waals surface area contributed by atoms with E-state index in [1.165, 1.54) is 11.3 Å². The minimum absolute atomic E-state index is 0.0531. The Hall–Kier alpha value is -2.68. The summed E-state index contributed by atoms with van der Waals surface area (Å²) >= 11 is 1.23. The number of carbonyl (C=O) groups is 3. The second-order valence-electron chi connectivity index (χ2n) is 5.98. The summed E-state index contributed by atoms with van der Waals surface area (Å²) in [6, 6.07) is 0. The van der Waals surface area contributed by atoms with E-state index in [1.54, 1.807) is 37.6 Å². The van der Waals surface area contributed by atoms with E-state index in [9.17, 15) is 14.4 Å². The summed E-state index contributed by atoms with van der Waals surface area (Å²) in [7, 11) is 0. The van der Waals surface area contributed by atoms with Gasteiger partial charge in [-0.3, -0.25) is 14.9 Å². The summed E-state index contributed by atoms with van der Waals surface area (Å²) in [6.45, 7) is 10.0. The van der Waals surface area contributed by atoms with E-state index in [-0.39, 0.29) is 24.9 Å². The van der Waals surface area contributed by atoms with Crippen LogP contribution < -0.4 is 5.32 Å². The zero-order valence-electron chi connectivity index (χ0n) is 16.7. The molecule has 2 aromatic rings. The van der Waals surface area contributed by atoms with Crippen LogP contribution in [0.4, 0.5) is 5.13 Å². The van der Waals surface area contributed by atoms with E-state index < -0.39 is 5.97 Å². The van der Waals surface area contributed by atoms with E-state index in [2.05, 4.69) is 10.3 Å². The fraction of sp³-hybridized carbons (Fsp3) is 0.474. The molecular formula is C19H25N3O5S. The summed E-state index contributed by atoms with van der Waals surface area (Å²) in [6.07, 6.45) is 0.0531. The molecule has 1 N–H and O–H groups in total. The Bertz CT molecular complexity index is 885. The maximum absolute atomic E-state index is 12.9. The molecule has 9 heteroatoms. The lowest BCUT2D eigenvalue weighted by molar-refractivity contribution is -0.142. The van der Waals surface area contributed by atoms with Gasteiger partial charge in [-0.15, -0.1) is 11.3 Å². The third-order valence-corrected chi connectivity index (χ3v) is 4.99. The SMILES string of the molecule is CCOC(=O)Cc1csc(NC(=O)c2c(C)c(C(=O)OCC)n(CC)c2C)n1. The molecule has 0 fully saturated rings. The van der Waals surface area contributed by atoms with Crippen molar-refractivity contribution in [3.63, 3.8) is 0 Å². The molecular weight excluding hydrogens is 382 g/mol. The van der Waals surface area contributed by atoms with Crippen molar-refractivity contribution < 1.29 is 23.9 Å². The molecule has 1 amide bonds. The van der Waals surface area contributed by atoms with Gasteiger partial charge in [0, 0.05) is 17.6 Å². The minimum Gasteiger partial charge on any atom is -0.466 e.